The predicted molar refractivity (Wildman–Crippen MR) is 55.1 cm³/mol. The molecule has 1 rings (SSSR count). The summed E-state index contributed by atoms with van der Waals surface area (Å²) in [6.07, 6.45) is 0.906. The highest BCUT2D eigenvalue weighted by Gasteiger charge is 2.10. The van der Waals surface area contributed by atoms with Crippen LogP contribution in [-0.2, 0) is 17.7 Å². The third kappa shape index (κ3) is 1.97. The SMILES string of the molecule is CCc1cc(C)n(CCOC)c1C#N. The van der Waals surface area contributed by atoms with E-state index >= 15 is 0 Å². The van der Waals surface area contributed by atoms with Gasteiger partial charge in [-0.05, 0) is 25.0 Å². The van der Waals surface area contributed by atoms with Crippen molar-refractivity contribution >= 4 is 0 Å². The van der Waals surface area contributed by atoms with Crippen molar-refractivity contribution in [1.29, 1.82) is 5.26 Å². The maximum Gasteiger partial charge on any atom is 0.123 e. The fourth-order valence-electron chi connectivity index (χ4n) is 1.62. The van der Waals surface area contributed by atoms with Crippen molar-refractivity contribution in [2.45, 2.75) is 26.8 Å². The van der Waals surface area contributed by atoms with Crippen LogP contribution in [0.15, 0.2) is 6.07 Å². The van der Waals surface area contributed by atoms with Crippen molar-refractivity contribution in [1.82, 2.24) is 4.57 Å². The van der Waals surface area contributed by atoms with Gasteiger partial charge in [0, 0.05) is 19.3 Å². The minimum atomic E-state index is 0.646. The molecule has 14 heavy (non-hydrogen) atoms. The summed E-state index contributed by atoms with van der Waals surface area (Å²) in [4.78, 5) is 0. The normalized spacial score (nSPS) is 10.1. The molecule has 0 aliphatic heterocycles. The quantitative estimate of drug-likeness (QED) is 0.730. The van der Waals surface area contributed by atoms with Crippen molar-refractivity contribution in [3.8, 4) is 6.07 Å². The van der Waals surface area contributed by atoms with Crippen LogP contribution in [-0.4, -0.2) is 18.3 Å². The van der Waals surface area contributed by atoms with E-state index in [0.29, 0.717) is 6.61 Å². The van der Waals surface area contributed by atoms with E-state index in [1.54, 1.807) is 7.11 Å². The highest BCUT2D eigenvalue weighted by molar-refractivity contribution is 5.36. The lowest BCUT2D eigenvalue weighted by molar-refractivity contribution is 0.186. The molecule has 3 heteroatoms. The molecule has 3 nitrogen and oxygen atoms in total. The van der Waals surface area contributed by atoms with Crippen molar-refractivity contribution in [3.63, 3.8) is 0 Å². The first-order valence-corrected chi connectivity index (χ1v) is 4.82. The standard InChI is InChI=1S/C11H16N2O/c1-4-10-7-9(2)13(5-6-14-3)11(10)8-12/h7H,4-6H2,1-3H3. The van der Waals surface area contributed by atoms with Crippen LogP contribution in [0.5, 0.6) is 0 Å². The van der Waals surface area contributed by atoms with Gasteiger partial charge in [0.1, 0.15) is 11.8 Å². The fourth-order valence-corrected chi connectivity index (χ4v) is 1.62. The van der Waals surface area contributed by atoms with Crippen LogP contribution in [0.1, 0.15) is 23.9 Å². The Morgan fingerprint density at radius 2 is 2.29 bits per heavy atom. The first-order valence-electron chi connectivity index (χ1n) is 4.82. The molecule has 0 aromatic carbocycles. The van der Waals surface area contributed by atoms with Gasteiger partial charge in [0.05, 0.1) is 6.61 Å². The largest absolute Gasteiger partial charge is 0.383 e. The summed E-state index contributed by atoms with van der Waals surface area (Å²) in [6.45, 7) is 5.49. The summed E-state index contributed by atoms with van der Waals surface area (Å²) in [5.74, 6) is 0. The lowest BCUT2D eigenvalue weighted by Gasteiger charge is -2.06. The molecule has 0 aliphatic carbocycles. The van der Waals surface area contributed by atoms with Gasteiger partial charge in [0.15, 0.2) is 0 Å². The molecule has 0 saturated heterocycles. The van der Waals surface area contributed by atoms with E-state index in [0.717, 1.165) is 29.9 Å². The third-order valence-corrected chi connectivity index (χ3v) is 2.39. The average molecular weight is 192 g/mol. The molecule has 1 aromatic heterocycles. The number of nitrogens with zero attached hydrogens (tertiary/aromatic N) is 2. The molecule has 0 atom stereocenters. The molecule has 0 spiro atoms. The van der Waals surface area contributed by atoms with Crippen LogP contribution in [0, 0.1) is 18.3 Å². The van der Waals surface area contributed by atoms with E-state index in [9.17, 15) is 0 Å². The summed E-state index contributed by atoms with van der Waals surface area (Å²) in [6, 6.07) is 4.33. The Labute approximate surface area is 84.9 Å². The van der Waals surface area contributed by atoms with Crippen molar-refractivity contribution in [3.05, 3.63) is 23.0 Å². The Kier molecular flexibility index (Phi) is 3.73. The number of nitriles is 1. The Morgan fingerprint density at radius 3 is 2.79 bits per heavy atom. The fraction of sp³-hybridized carbons (Fsp3) is 0.545. The number of aryl methyl sites for hydroxylation is 2. The van der Waals surface area contributed by atoms with Crippen LogP contribution >= 0.6 is 0 Å². The van der Waals surface area contributed by atoms with Crippen LogP contribution in [0.2, 0.25) is 0 Å². The smallest absolute Gasteiger partial charge is 0.123 e. The molecule has 0 fully saturated rings. The molecular formula is C11H16N2O. The van der Waals surface area contributed by atoms with Gasteiger partial charge in [-0.15, -0.1) is 0 Å². The average Bonchev–Trinajstić information content (AvgIpc) is 2.51. The molecule has 0 aliphatic rings. The van der Waals surface area contributed by atoms with Crippen molar-refractivity contribution in [2.75, 3.05) is 13.7 Å². The number of methoxy groups -OCH3 is 1. The molecule has 0 bridgehead atoms. The van der Waals surface area contributed by atoms with Crippen molar-refractivity contribution in [2.24, 2.45) is 0 Å². The van der Waals surface area contributed by atoms with E-state index < -0.39 is 0 Å². The second kappa shape index (κ2) is 4.83. The van der Waals surface area contributed by atoms with Crippen LogP contribution in [0.4, 0.5) is 0 Å². The molecule has 0 amide bonds. The van der Waals surface area contributed by atoms with Gasteiger partial charge < -0.3 is 9.30 Å². The van der Waals surface area contributed by atoms with Gasteiger partial charge in [-0.25, -0.2) is 0 Å². The van der Waals surface area contributed by atoms with Gasteiger partial charge in [-0.3, -0.25) is 0 Å². The topological polar surface area (TPSA) is 38.0 Å². The molecule has 0 saturated carbocycles. The number of hydrogen-bond acceptors (Lipinski definition) is 2. The lowest BCUT2D eigenvalue weighted by atomic mass is 10.2. The van der Waals surface area contributed by atoms with E-state index in [1.165, 1.54) is 0 Å². The Bertz CT molecular complexity index is 347. The summed E-state index contributed by atoms with van der Waals surface area (Å²) in [5, 5.41) is 9.03. The maximum atomic E-state index is 9.03. The van der Waals surface area contributed by atoms with Crippen LogP contribution in [0.25, 0.3) is 0 Å². The summed E-state index contributed by atoms with van der Waals surface area (Å²) in [5.41, 5.74) is 3.04. The van der Waals surface area contributed by atoms with Crippen LogP contribution < -0.4 is 0 Å². The van der Waals surface area contributed by atoms with E-state index in [-0.39, 0.29) is 0 Å². The first-order chi connectivity index (χ1) is 6.74. The van der Waals surface area contributed by atoms with Gasteiger partial charge in [-0.2, -0.15) is 5.26 Å². The highest BCUT2D eigenvalue weighted by atomic mass is 16.5. The second-order valence-electron chi connectivity index (χ2n) is 3.27. The lowest BCUT2D eigenvalue weighted by Crippen LogP contribution is -2.08. The molecular weight excluding hydrogens is 176 g/mol. The molecule has 1 heterocycles. The first kappa shape index (κ1) is 10.8. The monoisotopic (exact) mass is 192 g/mol. The highest BCUT2D eigenvalue weighted by Crippen LogP contribution is 2.15. The minimum Gasteiger partial charge on any atom is -0.383 e. The third-order valence-electron chi connectivity index (χ3n) is 2.39. The molecule has 1 aromatic rings. The number of rotatable bonds is 4. The molecule has 0 radical (unpaired) electrons. The minimum absolute atomic E-state index is 0.646. The summed E-state index contributed by atoms with van der Waals surface area (Å²) >= 11 is 0. The van der Waals surface area contributed by atoms with E-state index in [4.69, 9.17) is 10.00 Å². The zero-order valence-electron chi connectivity index (χ0n) is 9.00. The van der Waals surface area contributed by atoms with E-state index in [2.05, 4.69) is 19.1 Å². The second-order valence-corrected chi connectivity index (χ2v) is 3.27. The van der Waals surface area contributed by atoms with Crippen LogP contribution in [0.3, 0.4) is 0 Å². The summed E-state index contributed by atoms with van der Waals surface area (Å²) < 4.78 is 7.03. The van der Waals surface area contributed by atoms with Crippen molar-refractivity contribution < 1.29 is 4.74 Å². The van der Waals surface area contributed by atoms with Gasteiger partial charge in [0.25, 0.3) is 0 Å². The predicted octanol–water partition coefficient (Wildman–Crippen LogP) is 1.88. The maximum absolute atomic E-state index is 9.03. The Morgan fingerprint density at radius 1 is 1.57 bits per heavy atom. The van der Waals surface area contributed by atoms with E-state index in [1.807, 2.05) is 11.5 Å². The van der Waals surface area contributed by atoms with Gasteiger partial charge in [-0.1, -0.05) is 6.92 Å². The Balaban J connectivity index is 3.01. The molecule has 76 valence electrons. The Hall–Kier alpha value is -1.27. The zero-order chi connectivity index (χ0) is 10.6. The summed E-state index contributed by atoms with van der Waals surface area (Å²) in [7, 11) is 1.67. The molecule has 0 unspecified atom stereocenters. The molecule has 0 N–H and O–H groups in total. The van der Waals surface area contributed by atoms with Gasteiger partial charge >= 0.3 is 0 Å². The number of hydrogen-bond donors (Lipinski definition) is 0. The number of aromatic nitrogens is 1. The van der Waals surface area contributed by atoms with Gasteiger partial charge in [0.2, 0.25) is 0 Å². The number of ether oxygens (including phenoxy) is 1. The zero-order valence-corrected chi connectivity index (χ0v) is 9.00.